The van der Waals surface area contributed by atoms with E-state index in [0.717, 1.165) is 0 Å². The van der Waals surface area contributed by atoms with Crippen LogP contribution in [-0.4, -0.2) is 28.7 Å². The van der Waals surface area contributed by atoms with Crippen molar-refractivity contribution >= 4 is 29.2 Å². The lowest BCUT2D eigenvalue weighted by atomic mass is 10.2. The van der Waals surface area contributed by atoms with Crippen LogP contribution in [0.3, 0.4) is 0 Å². The minimum Gasteiger partial charge on any atom is -0.506 e. The lowest BCUT2D eigenvalue weighted by Crippen LogP contribution is -2.13. The fraction of sp³-hybridized carbons (Fsp3) is 0.176. The first-order valence-corrected chi connectivity index (χ1v) is 7.58. The number of halogens is 1. The number of nitrogens with one attached hydrogen (secondary N) is 1. The number of hydrogen-bond donors (Lipinski definition) is 3. The van der Waals surface area contributed by atoms with Gasteiger partial charge in [0.05, 0.1) is 17.9 Å². The molecule has 0 atom stereocenters. The third-order valence-electron chi connectivity index (χ3n) is 3.15. The molecule has 0 aliphatic rings. The van der Waals surface area contributed by atoms with Crippen molar-refractivity contribution < 1.29 is 24.5 Å². The van der Waals surface area contributed by atoms with Crippen LogP contribution in [-0.2, 0) is 4.79 Å². The second kappa shape index (κ2) is 8.21. The van der Waals surface area contributed by atoms with E-state index < -0.39 is 5.97 Å². The van der Waals surface area contributed by atoms with Crippen LogP contribution in [0.1, 0.15) is 23.2 Å². The summed E-state index contributed by atoms with van der Waals surface area (Å²) in [6.45, 7) is 0.343. The molecule has 0 fully saturated rings. The van der Waals surface area contributed by atoms with E-state index in [2.05, 4.69) is 5.32 Å². The third-order valence-corrected chi connectivity index (χ3v) is 3.40. The van der Waals surface area contributed by atoms with E-state index in [4.69, 9.17) is 21.4 Å². The van der Waals surface area contributed by atoms with Gasteiger partial charge < -0.3 is 20.3 Å². The first-order valence-electron chi connectivity index (χ1n) is 7.20. The molecular formula is C17H16ClNO5. The van der Waals surface area contributed by atoms with Gasteiger partial charge in [0.1, 0.15) is 11.5 Å². The molecule has 2 aromatic rings. The fourth-order valence-corrected chi connectivity index (χ4v) is 2.06. The molecule has 1 amide bonds. The van der Waals surface area contributed by atoms with Gasteiger partial charge in [-0.2, -0.15) is 0 Å². The number of benzene rings is 2. The van der Waals surface area contributed by atoms with Crippen LogP contribution in [0.15, 0.2) is 42.5 Å². The van der Waals surface area contributed by atoms with E-state index in [0.29, 0.717) is 23.8 Å². The number of aromatic hydroxyl groups is 1. The van der Waals surface area contributed by atoms with Crippen molar-refractivity contribution in [1.29, 1.82) is 0 Å². The molecule has 2 aromatic carbocycles. The molecule has 0 saturated heterocycles. The molecule has 0 bridgehead atoms. The summed E-state index contributed by atoms with van der Waals surface area (Å²) in [7, 11) is 0. The summed E-state index contributed by atoms with van der Waals surface area (Å²) in [6, 6.07) is 10.6. The molecule has 7 heteroatoms. The van der Waals surface area contributed by atoms with Gasteiger partial charge in [0.25, 0.3) is 0 Å². The van der Waals surface area contributed by atoms with Gasteiger partial charge in [-0.3, -0.25) is 4.79 Å². The minimum atomic E-state index is -1.14. The first-order chi connectivity index (χ1) is 11.5. The molecule has 6 nitrogen and oxygen atoms in total. The maximum Gasteiger partial charge on any atom is 0.335 e. The Morgan fingerprint density at radius 2 is 1.83 bits per heavy atom. The molecule has 0 heterocycles. The minimum absolute atomic E-state index is 0.0193. The van der Waals surface area contributed by atoms with Gasteiger partial charge in [-0.05, 0) is 48.9 Å². The summed E-state index contributed by atoms with van der Waals surface area (Å²) in [5.41, 5.74) is 0.0488. The lowest BCUT2D eigenvalue weighted by Gasteiger charge is -2.09. The lowest BCUT2D eigenvalue weighted by molar-refractivity contribution is -0.116. The number of rotatable bonds is 7. The van der Waals surface area contributed by atoms with Crippen LogP contribution in [0, 0.1) is 0 Å². The normalized spacial score (nSPS) is 10.2. The summed E-state index contributed by atoms with van der Waals surface area (Å²) in [4.78, 5) is 22.8. The van der Waals surface area contributed by atoms with Crippen molar-refractivity contribution in [3.63, 3.8) is 0 Å². The Morgan fingerprint density at radius 1 is 1.12 bits per heavy atom. The quantitative estimate of drug-likeness (QED) is 0.525. The average molecular weight is 350 g/mol. The molecule has 0 aliphatic carbocycles. The molecule has 126 valence electrons. The van der Waals surface area contributed by atoms with Crippen molar-refractivity contribution in [2.45, 2.75) is 12.8 Å². The van der Waals surface area contributed by atoms with Gasteiger partial charge in [0.2, 0.25) is 5.91 Å². The molecule has 0 aromatic heterocycles. The number of aromatic carboxylic acids is 1. The van der Waals surface area contributed by atoms with E-state index in [-0.39, 0.29) is 29.3 Å². The molecule has 0 saturated carbocycles. The third kappa shape index (κ3) is 5.17. The summed E-state index contributed by atoms with van der Waals surface area (Å²) in [6.07, 6.45) is 0.637. The zero-order valence-electron chi connectivity index (χ0n) is 12.7. The van der Waals surface area contributed by atoms with Crippen molar-refractivity contribution in [1.82, 2.24) is 0 Å². The fourth-order valence-electron chi connectivity index (χ4n) is 1.94. The number of carbonyl (C=O) groups excluding carboxylic acids is 1. The molecular weight excluding hydrogens is 334 g/mol. The molecule has 3 N–H and O–H groups in total. The summed E-state index contributed by atoms with van der Waals surface area (Å²) in [5, 5.41) is 21.7. The van der Waals surface area contributed by atoms with E-state index in [9.17, 15) is 14.7 Å². The SMILES string of the molecule is O=C(CCCOc1ccc(Cl)cc1)Nc1cc(C(=O)O)ccc1O. The number of carbonyl (C=O) groups is 2. The summed E-state index contributed by atoms with van der Waals surface area (Å²) >= 11 is 5.77. The monoisotopic (exact) mass is 349 g/mol. The van der Waals surface area contributed by atoms with E-state index >= 15 is 0 Å². The Labute approximate surface area is 143 Å². The van der Waals surface area contributed by atoms with Gasteiger partial charge in [0.15, 0.2) is 0 Å². The molecule has 0 spiro atoms. The zero-order chi connectivity index (χ0) is 17.5. The Bertz CT molecular complexity index is 730. The number of phenolic OH excluding ortho intramolecular Hbond substituents is 1. The highest BCUT2D eigenvalue weighted by molar-refractivity contribution is 6.30. The maximum atomic E-state index is 11.9. The summed E-state index contributed by atoms with van der Waals surface area (Å²) in [5.74, 6) is -1.01. The highest BCUT2D eigenvalue weighted by atomic mass is 35.5. The van der Waals surface area contributed by atoms with Gasteiger partial charge in [-0.15, -0.1) is 0 Å². The Balaban J connectivity index is 1.80. The van der Waals surface area contributed by atoms with Crippen LogP contribution < -0.4 is 10.1 Å². The second-order valence-corrected chi connectivity index (χ2v) is 5.43. The van der Waals surface area contributed by atoms with Crippen LogP contribution in [0.5, 0.6) is 11.5 Å². The Hall–Kier alpha value is -2.73. The number of phenols is 1. The predicted octanol–water partition coefficient (Wildman–Crippen LogP) is 3.54. The largest absolute Gasteiger partial charge is 0.506 e. The highest BCUT2D eigenvalue weighted by Gasteiger charge is 2.10. The van der Waals surface area contributed by atoms with Crippen LogP contribution in [0.4, 0.5) is 5.69 Å². The smallest absolute Gasteiger partial charge is 0.335 e. The summed E-state index contributed by atoms with van der Waals surface area (Å²) < 4.78 is 5.47. The van der Waals surface area contributed by atoms with Gasteiger partial charge in [-0.25, -0.2) is 4.79 Å². The highest BCUT2D eigenvalue weighted by Crippen LogP contribution is 2.24. The van der Waals surface area contributed by atoms with Crippen molar-refractivity contribution in [2.24, 2.45) is 0 Å². The maximum absolute atomic E-state index is 11.9. The van der Waals surface area contributed by atoms with Crippen LogP contribution in [0.25, 0.3) is 0 Å². The van der Waals surface area contributed by atoms with Crippen molar-refractivity contribution in [3.8, 4) is 11.5 Å². The van der Waals surface area contributed by atoms with E-state index in [1.807, 2.05) is 0 Å². The molecule has 0 unspecified atom stereocenters. The van der Waals surface area contributed by atoms with Crippen LogP contribution >= 0.6 is 11.6 Å². The number of ether oxygens (including phenoxy) is 1. The second-order valence-electron chi connectivity index (χ2n) is 4.99. The Kier molecular flexibility index (Phi) is 6.03. The molecule has 0 aliphatic heterocycles. The zero-order valence-corrected chi connectivity index (χ0v) is 13.4. The number of anilines is 1. The van der Waals surface area contributed by atoms with E-state index in [1.54, 1.807) is 24.3 Å². The molecule has 0 radical (unpaired) electrons. The number of amides is 1. The van der Waals surface area contributed by atoms with Gasteiger partial charge >= 0.3 is 5.97 Å². The predicted molar refractivity (Wildman–Crippen MR) is 89.9 cm³/mol. The number of carboxylic acid groups (broad SMARTS) is 1. The Morgan fingerprint density at radius 3 is 2.50 bits per heavy atom. The van der Waals surface area contributed by atoms with Crippen LogP contribution in [0.2, 0.25) is 5.02 Å². The molecule has 24 heavy (non-hydrogen) atoms. The van der Waals surface area contributed by atoms with Crippen molar-refractivity contribution in [2.75, 3.05) is 11.9 Å². The number of hydrogen-bond acceptors (Lipinski definition) is 4. The number of carboxylic acids is 1. The standard InChI is InChI=1S/C17H16ClNO5/c18-12-4-6-13(7-5-12)24-9-1-2-16(21)19-14-10-11(17(22)23)3-8-15(14)20/h3-8,10,20H,1-2,9H2,(H,19,21)(H,22,23). The van der Waals surface area contributed by atoms with E-state index in [1.165, 1.54) is 18.2 Å². The molecule has 2 rings (SSSR count). The van der Waals surface area contributed by atoms with Crippen molar-refractivity contribution in [3.05, 3.63) is 53.1 Å². The first kappa shape index (κ1) is 17.6. The van der Waals surface area contributed by atoms with Gasteiger partial charge in [0, 0.05) is 11.4 Å². The average Bonchev–Trinajstić information content (AvgIpc) is 2.55. The topological polar surface area (TPSA) is 95.9 Å². The van der Waals surface area contributed by atoms with Gasteiger partial charge in [-0.1, -0.05) is 11.6 Å².